The zero-order valence-electron chi connectivity index (χ0n) is 19.8. The van der Waals surface area contributed by atoms with Gasteiger partial charge in [0, 0.05) is 19.8 Å². The van der Waals surface area contributed by atoms with Crippen LogP contribution in [0.3, 0.4) is 0 Å². The molecule has 0 spiro atoms. The van der Waals surface area contributed by atoms with E-state index in [0.717, 1.165) is 16.8 Å². The zero-order valence-corrected chi connectivity index (χ0v) is 21.5. The normalized spacial score (nSPS) is 14.8. The fourth-order valence-corrected chi connectivity index (χ4v) is 6.21. The molecule has 200 valence electrons. The highest BCUT2D eigenvalue weighted by atomic mass is 32.2. The fourth-order valence-electron chi connectivity index (χ4n) is 3.86. The van der Waals surface area contributed by atoms with Gasteiger partial charge in [-0.25, -0.2) is 26.5 Å². The molecule has 3 heterocycles. The van der Waals surface area contributed by atoms with Crippen molar-refractivity contribution in [1.82, 2.24) is 23.8 Å². The Morgan fingerprint density at radius 1 is 1.16 bits per heavy atom. The van der Waals surface area contributed by atoms with E-state index < -0.39 is 59.1 Å². The van der Waals surface area contributed by atoms with Crippen molar-refractivity contribution >= 4 is 36.8 Å². The van der Waals surface area contributed by atoms with Crippen molar-refractivity contribution in [2.75, 3.05) is 5.75 Å². The number of nitrogens with zero attached hydrogens (tertiary/aromatic N) is 4. The number of hydrogen-bond donors (Lipinski definition) is 1. The lowest BCUT2D eigenvalue weighted by Crippen LogP contribution is -2.33. The van der Waals surface area contributed by atoms with E-state index >= 15 is 0 Å². The number of sulfone groups is 1. The Labute approximate surface area is 209 Å². The molecule has 1 aliphatic rings. The van der Waals surface area contributed by atoms with Crippen LogP contribution in [0.15, 0.2) is 28.0 Å². The Morgan fingerprint density at radius 2 is 1.81 bits per heavy atom. The van der Waals surface area contributed by atoms with E-state index in [1.165, 1.54) is 20.9 Å². The minimum Gasteiger partial charge on any atom is -0.321 e. The van der Waals surface area contributed by atoms with E-state index in [2.05, 4.69) is 9.97 Å². The smallest absolute Gasteiger partial charge is 0.321 e. The number of sulfonamides is 1. The SMILES string of the molecule is CCn1c(C(F)(F)F)cc2nc(-c3ncc(C(=O)NS(=O)(=O)C4CC4)cc3S(=O)(=O)CC)n(C)c2c1=O. The van der Waals surface area contributed by atoms with Crippen LogP contribution in [0.25, 0.3) is 22.6 Å². The summed E-state index contributed by atoms with van der Waals surface area (Å²) >= 11 is 0. The fraction of sp³-hybridized carbons (Fsp3) is 0.429. The van der Waals surface area contributed by atoms with Crippen molar-refractivity contribution in [2.24, 2.45) is 7.05 Å². The molecule has 0 unspecified atom stereocenters. The van der Waals surface area contributed by atoms with Crippen molar-refractivity contribution in [3.05, 3.63) is 39.9 Å². The second kappa shape index (κ2) is 8.93. The number of amides is 1. The van der Waals surface area contributed by atoms with Crippen molar-refractivity contribution in [3.63, 3.8) is 0 Å². The summed E-state index contributed by atoms with van der Waals surface area (Å²) in [6.07, 6.45) is -3.10. The number of alkyl halides is 3. The molecular formula is C21H22F3N5O6S2. The minimum absolute atomic E-state index is 0.205. The average molecular weight is 562 g/mol. The van der Waals surface area contributed by atoms with E-state index in [1.807, 2.05) is 4.72 Å². The lowest BCUT2D eigenvalue weighted by Gasteiger charge is -2.14. The number of fused-ring (bicyclic) bond motifs is 1. The topological polar surface area (TPSA) is 150 Å². The number of aryl methyl sites for hydroxylation is 1. The summed E-state index contributed by atoms with van der Waals surface area (Å²) in [5, 5.41) is -0.698. The number of imidazole rings is 1. The van der Waals surface area contributed by atoms with E-state index in [1.54, 1.807) is 0 Å². The molecule has 3 aromatic heterocycles. The van der Waals surface area contributed by atoms with Gasteiger partial charge in [-0.2, -0.15) is 13.2 Å². The van der Waals surface area contributed by atoms with E-state index in [4.69, 9.17) is 0 Å². The maximum absolute atomic E-state index is 13.6. The van der Waals surface area contributed by atoms with Crippen LogP contribution in [0.5, 0.6) is 0 Å². The molecule has 1 fully saturated rings. The first-order valence-corrected chi connectivity index (χ1v) is 14.3. The van der Waals surface area contributed by atoms with Crippen LogP contribution in [0.4, 0.5) is 13.2 Å². The summed E-state index contributed by atoms with van der Waals surface area (Å²) in [6.45, 7) is 2.43. The highest BCUT2D eigenvalue weighted by Crippen LogP contribution is 2.33. The molecule has 37 heavy (non-hydrogen) atoms. The molecule has 0 radical (unpaired) electrons. The average Bonchev–Trinajstić information content (AvgIpc) is 3.62. The third-order valence-electron chi connectivity index (χ3n) is 5.98. The van der Waals surface area contributed by atoms with Gasteiger partial charge in [0.25, 0.3) is 11.5 Å². The Morgan fingerprint density at radius 3 is 2.35 bits per heavy atom. The van der Waals surface area contributed by atoms with Gasteiger partial charge in [0.1, 0.15) is 16.9 Å². The van der Waals surface area contributed by atoms with Crippen LogP contribution in [0.2, 0.25) is 0 Å². The highest BCUT2D eigenvalue weighted by molar-refractivity contribution is 7.91. The van der Waals surface area contributed by atoms with Gasteiger partial charge in [-0.15, -0.1) is 0 Å². The van der Waals surface area contributed by atoms with Crippen LogP contribution in [0, 0.1) is 0 Å². The summed E-state index contributed by atoms with van der Waals surface area (Å²) in [7, 11) is -6.70. The molecule has 0 bridgehead atoms. The van der Waals surface area contributed by atoms with Gasteiger partial charge in [-0.3, -0.25) is 14.6 Å². The minimum atomic E-state index is -4.84. The van der Waals surface area contributed by atoms with Crippen molar-refractivity contribution in [2.45, 2.75) is 49.6 Å². The summed E-state index contributed by atoms with van der Waals surface area (Å²) in [5.41, 5.74) is -3.38. The van der Waals surface area contributed by atoms with Crippen molar-refractivity contribution in [3.8, 4) is 11.5 Å². The van der Waals surface area contributed by atoms with E-state index in [0.29, 0.717) is 23.5 Å². The monoisotopic (exact) mass is 561 g/mol. The Bertz CT molecular complexity index is 1700. The first kappa shape index (κ1) is 26.8. The summed E-state index contributed by atoms with van der Waals surface area (Å²) in [4.78, 5) is 33.1. The van der Waals surface area contributed by atoms with Gasteiger partial charge in [0.2, 0.25) is 10.0 Å². The maximum atomic E-state index is 13.6. The van der Waals surface area contributed by atoms with Gasteiger partial charge in [-0.1, -0.05) is 6.92 Å². The molecule has 0 atom stereocenters. The number of rotatable bonds is 7. The largest absolute Gasteiger partial charge is 0.431 e. The predicted octanol–water partition coefficient (Wildman–Crippen LogP) is 1.85. The summed E-state index contributed by atoms with van der Waals surface area (Å²) in [5.74, 6) is -1.74. The van der Waals surface area contributed by atoms with Crippen LogP contribution in [-0.2, 0) is 39.6 Å². The molecule has 0 saturated heterocycles. The molecule has 1 amide bonds. The summed E-state index contributed by atoms with van der Waals surface area (Å²) < 4.78 is 94.4. The quantitative estimate of drug-likeness (QED) is 0.459. The number of hydrogen-bond acceptors (Lipinski definition) is 8. The molecule has 4 rings (SSSR count). The number of carbonyl (C=O) groups excluding carboxylic acids is 1. The number of aromatic nitrogens is 4. The number of halogens is 3. The first-order valence-electron chi connectivity index (χ1n) is 11.1. The van der Waals surface area contributed by atoms with Crippen LogP contribution >= 0.6 is 0 Å². The second-order valence-electron chi connectivity index (χ2n) is 8.45. The molecule has 3 aromatic rings. The van der Waals surface area contributed by atoms with Gasteiger partial charge in [-0.05, 0) is 31.9 Å². The third-order valence-corrected chi connectivity index (χ3v) is 9.54. The van der Waals surface area contributed by atoms with E-state index in [-0.39, 0.29) is 34.7 Å². The number of nitrogens with one attached hydrogen (secondary N) is 1. The lowest BCUT2D eigenvalue weighted by molar-refractivity contribution is -0.144. The Kier molecular flexibility index (Phi) is 6.47. The molecule has 0 aliphatic heterocycles. The molecule has 0 aromatic carbocycles. The standard InChI is InChI=1S/C21H22F3N5O6S2/c1-4-29-15(21(22,23)24)9-13-17(20(29)31)28(3)18(26-13)16-14(36(32,33)5-2)8-11(10-25-16)19(30)27-37(34,35)12-6-7-12/h8-10,12H,4-7H2,1-3H3,(H,27,30). The maximum Gasteiger partial charge on any atom is 0.431 e. The second-order valence-corrected chi connectivity index (χ2v) is 12.7. The lowest BCUT2D eigenvalue weighted by atomic mass is 10.2. The molecule has 1 aliphatic carbocycles. The number of carbonyl (C=O) groups is 1. The molecule has 16 heteroatoms. The highest BCUT2D eigenvalue weighted by Gasteiger charge is 2.38. The van der Waals surface area contributed by atoms with Gasteiger partial charge in [0.05, 0.1) is 27.0 Å². The zero-order chi connectivity index (χ0) is 27.5. The first-order chi connectivity index (χ1) is 17.1. The molecule has 1 N–H and O–H groups in total. The van der Waals surface area contributed by atoms with Gasteiger partial charge < -0.3 is 9.13 Å². The third kappa shape index (κ3) is 4.74. The van der Waals surface area contributed by atoms with Crippen LogP contribution in [0.1, 0.15) is 42.7 Å². The van der Waals surface area contributed by atoms with Gasteiger partial charge in [0.15, 0.2) is 15.7 Å². The van der Waals surface area contributed by atoms with E-state index in [9.17, 15) is 39.6 Å². The molecular weight excluding hydrogens is 539 g/mol. The van der Waals surface area contributed by atoms with Crippen molar-refractivity contribution < 1.29 is 34.8 Å². The molecule has 11 nitrogen and oxygen atoms in total. The number of pyridine rings is 2. The van der Waals surface area contributed by atoms with Gasteiger partial charge >= 0.3 is 6.18 Å². The predicted molar refractivity (Wildman–Crippen MR) is 126 cm³/mol. The van der Waals surface area contributed by atoms with Crippen LogP contribution in [-0.4, -0.2) is 52.8 Å². The van der Waals surface area contributed by atoms with Crippen LogP contribution < -0.4 is 10.3 Å². The Balaban J connectivity index is 1.92. The van der Waals surface area contributed by atoms with Crippen molar-refractivity contribution in [1.29, 1.82) is 0 Å². The molecule has 1 saturated carbocycles. The summed E-state index contributed by atoms with van der Waals surface area (Å²) in [6, 6.07) is 1.63. The Hall–Kier alpha value is -3.27.